The Morgan fingerprint density at radius 1 is 1.31 bits per heavy atom. The highest BCUT2D eigenvalue weighted by Crippen LogP contribution is 2.20. The summed E-state index contributed by atoms with van der Waals surface area (Å²) < 4.78 is 0. The standard InChI is InChI=1S/C8H17N.CH2O3/c1-7(2)8-3-5-9-6-4-8;2-1(3)4/h7-9H,3-6H2,1-2H3;(H2,2,3,4). The van der Waals surface area contributed by atoms with Crippen LogP contribution in [0.4, 0.5) is 4.79 Å². The third-order valence-corrected chi connectivity index (χ3v) is 2.33. The lowest BCUT2D eigenvalue weighted by Gasteiger charge is -2.25. The minimum atomic E-state index is -1.83. The fraction of sp³-hybridized carbons (Fsp3) is 0.889. The Bertz CT molecular complexity index is 138. The number of hydrogen-bond donors (Lipinski definition) is 3. The number of nitrogens with one attached hydrogen (secondary N) is 1. The smallest absolute Gasteiger partial charge is 0.450 e. The highest BCUT2D eigenvalue weighted by Gasteiger charge is 2.15. The molecule has 0 aromatic rings. The third kappa shape index (κ3) is 7.59. The topological polar surface area (TPSA) is 69.6 Å². The molecule has 0 aromatic carbocycles. The van der Waals surface area contributed by atoms with E-state index in [0.29, 0.717) is 0 Å². The van der Waals surface area contributed by atoms with Gasteiger partial charge in [0.25, 0.3) is 0 Å². The maximum atomic E-state index is 8.56. The monoisotopic (exact) mass is 189 g/mol. The average Bonchev–Trinajstić information content (AvgIpc) is 2.05. The first kappa shape index (κ1) is 12.2. The van der Waals surface area contributed by atoms with E-state index >= 15 is 0 Å². The second-order valence-electron chi connectivity index (χ2n) is 3.61. The predicted molar refractivity (Wildman–Crippen MR) is 51.1 cm³/mol. The molecule has 1 aliphatic rings. The molecule has 0 amide bonds. The van der Waals surface area contributed by atoms with Crippen molar-refractivity contribution in [2.75, 3.05) is 13.1 Å². The first-order valence-corrected chi connectivity index (χ1v) is 4.66. The molecule has 0 aromatic heterocycles. The minimum absolute atomic E-state index is 0.895. The summed E-state index contributed by atoms with van der Waals surface area (Å²) in [6, 6.07) is 0. The molecule has 4 nitrogen and oxygen atoms in total. The van der Waals surface area contributed by atoms with E-state index in [4.69, 9.17) is 15.0 Å². The first-order chi connectivity index (χ1) is 6.04. The molecule has 3 N–H and O–H groups in total. The zero-order chi connectivity index (χ0) is 10.3. The van der Waals surface area contributed by atoms with Crippen molar-refractivity contribution in [1.82, 2.24) is 5.32 Å². The van der Waals surface area contributed by atoms with Crippen molar-refractivity contribution in [3.63, 3.8) is 0 Å². The van der Waals surface area contributed by atoms with Gasteiger partial charge >= 0.3 is 6.16 Å². The maximum absolute atomic E-state index is 8.56. The molecule has 0 atom stereocenters. The molecule has 0 radical (unpaired) electrons. The normalized spacial score (nSPS) is 17.8. The van der Waals surface area contributed by atoms with Gasteiger partial charge in [0.05, 0.1) is 0 Å². The lowest BCUT2D eigenvalue weighted by atomic mass is 9.87. The summed E-state index contributed by atoms with van der Waals surface area (Å²) in [5.74, 6) is 1.89. The number of piperidine rings is 1. The molecule has 1 fully saturated rings. The molecule has 4 heteroatoms. The lowest BCUT2D eigenvalue weighted by Crippen LogP contribution is -2.29. The van der Waals surface area contributed by atoms with Gasteiger partial charge in [-0.15, -0.1) is 0 Å². The van der Waals surface area contributed by atoms with Gasteiger partial charge in [-0.1, -0.05) is 13.8 Å². The van der Waals surface area contributed by atoms with E-state index in [-0.39, 0.29) is 0 Å². The Kier molecular flexibility index (Phi) is 6.32. The van der Waals surface area contributed by atoms with Crippen LogP contribution in [0.15, 0.2) is 0 Å². The molecule has 0 saturated carbocycles. The lowest BCUT2D eigenvalue weighted by molar-refractivity contribution is 0.137. The van der Waals surface area contributed by atoms with E-state index in [9.17, 15) is 0 Å². The summed E-state index contributed by atoms with van der Waals surface area (Å²) in [4.78, 5) is 8.56. The van der Waals surface area contributed by atoms with Crippen molar-refractivity contribution in [3.05, 3.63) is 0 Å². The molecule has 1 heterocycles. The van der Waals surface area contributed by atoms with Crippen LogP contribution in [-0.4, -0.2) is 29.5 Å². The van der Waals surface area contributed by atoms with Gasteiger partial charge in [0, 0.05) is 0 Å². The quantitative estimate of drug-likeness (QED) is 0.589. The minimum Gasteiger partial charge on any atom is -0.450 e. The van der Waals surface area contributed by atoms with Gasteiger partial charge in [0.1, 0.15) is 0 Å². The highest BCUT2D eigenvalue weighted by atomic mass is 16.6. The summed E-state index contributed by atoms with van der Waals surface area (Å²) in [5, 5.41) is 17.3. The Balaban J connectivity index is 0.000000310. The van der Waals surface area contributed by atoms with Crippen LogP contribution in [0.5, 0.6) is 0 Å². The molecule has 0 bridgehead atoms. The predicted octanol–water partition coefficient (Wildman–Crippen LogP) is 1.86. The zero-order valence-corrected chi connectivity index (χ0v) is 8.29. The van der Waals surface area contributed by atoms with Crippen molar-refractivity contribution in [2.45, 2.75) is 26.7 Å². The van der Waals surface area contributed by atoms with E-state index < -0.39 is 6.16 Å². The number of carbonyl (C=O) groups is 1. The van der Waals surface area contributed by atoms with Crippen LogP contribution >= 0.6 is 0 Å². The Hall–Kier alpha value is -0.770. The molecule has 0 aliphatic carbocycles. The maximum Gasteiger partial charge on any atom is 0.503 e. The first-order valence-electron chi connectivity index (χ1n) is 4.66. The second kappa shape index (κ2) is 6.71. The number of carboxylic acid groups (broad SMARTS) is 2. The molecule has 0 spiro atoms. The van der Waals surface area contributed by atoms with E-state index in [2.05, 4.69) is 19.2 Å². The van der Waals surface area contributed by atoms with Crippen LogP contribution in [-0.2, 0) is 0 Å². The Morgan fingerprint density at radius 3 is 1.92 bits per heavy atom. The molecule has 1 saturated heterocycles. The Morgan fingerprint density at radius 2 is 1.69 bits per heavy atom. The van der Waals surface area contributed by atoms with E-state index in [0.717, 1.165) is 11.8 Å². The molecular weight excluding hydrogens is 170 g/mol. The summed E-state index contributed by atoms with van der Waals surface area (Å²) in [6.45, 7) is 7.14. The van der Waals surface area contributed by atoms with Crippen molar-refractivity contribution < 1.29 is 15.0 Å². The van der Waals surface area contributed by atoms with Crippen LogP contribution in [0.1, 0.15) is 26.7 Å². The fourth-order valence-corrected chi connectivity index (χ4v) is 1.51. The third-order valence-electron chi connectivity index (χ3n) is 2.33. The van der Waals surface area contributed by atoms with Crippen LogP contribution in [0, 0.1) is 11.8 Å². The van der Waals surface area contributed by atoms with Gasteiger partial charge < -0.3 is 15.5 Å². The molecule has 13 heavy (non-hydrogen) atoms. The SMILES string of the molecule is CC(C)C1CCNCC1.O=C(O)O. The van der Waals surface area contributed by atoms with Gasteiger partial charge in [-0.3, -0.25) is 0 Å². The van der Waals surface area contributed by atoms with Crippen molar-refractivity contribution in [1.29, 1.82) is 0 Å². The molecule has 78 valence electrons. The van der Waals surface area contributed by atoms with Crippen LogP contribution < -0.4 is 5.32 Å². The van der Waals surface area contributed by atoms with Crippen molar-refractivity contribution >= 4 is 6.16 Å². The Labute approximate surface area is 79.0 Å². The van der Waals surface area contributed by atoms with Gasteiger partial charge in [-0.25, -0.2) is 4.79 Å². The summed E-state index contributed by atoms with van der Waals surface area (Å²) in [5.41, 5.74) is 0. The van der Waals surface area contributed by atoms with Crippen molar-refractivity contribution in [2.24, 2.45) is 11.8 Å². The van der Waals surface area contributed by atoms with Gasteiger partial charge in [0.15, 0.2) is 0 Å². The summed E-state index contributed by atoms with van der Waals surface area (Å²) >= 11 is 0. The van der Waals surface area contributed by atoms with Crippen LogP contribution in [0.3, 0.4) is 0 Å². The van der Waals surface area contributed by atoms with E-state index in [1.54, 1.807) is 0 Å². The van der Waals surface area contributed by atoms with Crippen molar-refractivity contribution in [3.8, 4) is 0 Å². The largest absolute Gasteiger partial charge is 0.503 e. The van der Waals surface area contributed by atoms with E-state index in [1.807, 2.05) is 0 Å². The van der Waals surface area contributed by atoms with Crippen LogP contribution in [0.25, 0.3) is 0 Å². The zero-order valence-electron chi connectivity index (χ0n) is 8.29. The summed E-state index contributed by atoms with van der Waals surface area (Å²) in [7, 11) is 0. The van der Waals surface area contributed by atoms with Gasteiger partial charge in [-0.2, -0.15) is 0 Å². The molecule has 1 aliphatic heterocycles. The average molecular weight is 189 g/mol. The fourth-order valence-electron chi connectivity index (χ4n) is 1.51. The van der Waals surface area contributed by atoms with Gasteiger partial charge in [0.2, 0.25) is 0 Å². The number of rotatable bonds is 1. The van der Waals surface area contributed by atoms with Gasteiger partial charge in [-0.05, 0) is 37.8 Å². The second-order valence-corrected chi connectivity index (χ2v) is 3.61. The number of hydrogen-bond acceptors (Lipinski definition) is 2. The van der Waals surface area contributed by atoms with Crippen LogP contribution in [0.2, 0.25) is 0 Å². The molecular formula is C9H19NO3. The summed E-state index contributed by atoms with van der Waals surface area (Å²) in [6.07, 6.45) is 0.940. The molecule has 0 unspecified atom stereocenters. The van der Waals surface area contributed by atoms with E-state index in [1.165, 1.54) is 25.9 Å². The highest BCUT2D eigenvalue weighted by molar-refractivity contribution is 5.53. The molecule has 1 rings (SSSR count).